The van der Waals surface area contributed by atoms with E-state index in [1.807, 2.05) is 30.9 Å². The fourth-order valence-electron chi connectivity index (χ4n) is 6.57. The molecule has 6 aromatic rings. The van der Waals surface area contributed by atoms with E-state index in [4.69, 9.17) is 11.6 Å². The topological polar surface area (TPSA) is 25.8 Å². The molecule has 0 bridgehead atoms. The molecule has 3 heteroatoms. The molecule has 0 N–H and O–H groups in total. The van der Waals surface area contributed by atoms with Gasteiger partial charge in [-0.2, -0.15) is 0 Å². The third-order valence-corrected chi connectivity index (χ3v) is 8.22. The van der Waals surface area contributed by atoms with Crippen LogP contribution in [0.4, 0.5) is 0 Å². The first-order valence-electron chi connectivity index (χ1n) is 12.1. The van der Waals surface area contributed by atoms with E-state index in [0.29, 0.717) is 0 Å². The summed E-state index contributed by atoms with van der Waals surface area (Å²) in [6, 6.07) is 32.7. The molecule has 0 radical (unpaired) electrons. The molecule has 2 aliphatic carbocycles. The Hall–Kier alpha value is -4.27. The summed E-state index contributed by atoms with van der Waals surface area (Å²) >= 11 is 7.23. The highest BCUT2D eigenvalue weighted by Crippen LogP contribution is 2.65. The monoisotopic (exact) mass is 478 g/mol. The molecule has 1 spiro atoms. The van der Waals surface area contributed by atoms with Crippen LogP contribution in [0.5, 0.6) is 0 Å². The van der Waals surface area contributed by atoms with E-state index < -0.39 is 5.41 Å². The minimum atomic E-state index is -0.495. The Labute approximate surface area is 213 Å². The second-order valence-corrected chi connectivity index (χ2v) is 9.96. The van der Waals surface area contributed by atoms with Crippen LogP contribution in [0, 0.1) is 0 Å². The largest absolute Gasteiger partial charge is 0.264 e. The van der Waals surface area contributed by atoms with Crippen LogP contribution in [0.1, 0.15) is 22.3 Å². The fraction of sp³-hybridized carbons (Fsp3) is 0.0303. The van der Waals surface area contributed by atoms with Gasteiger partial charge in [0.2, 0.25) is 0 Å². The second kappa shape index (κ2) is 7.13. The minimum Gasteiger partial charge on any atom is -0.264 e. The number of aromatic nitrogens is 2. The van der Waals surface area contributed by atoms with Crippen LogP contribution in [0.25, 0.3) is 44.2 Å². The molecule has 4 aromatic carbocycles. The zero-order valence-electron chi connectivity index (χ0n) is 19.2. The average Bonchev–Trinajstić information content (AvgIpc) is 3.40. The maximum Gasteiger partial charge on any atom is 0.0740 e. The van der Waals surface area contributed by atoms with Gasteiger partial charge >= 0.3 is 0 Å². The summed E-state index contributed by atoms with van der Waals surface area (Å²) in [4.78, 5) is 8.85. The van der Waals surface area contributed by atoms with Crippen molar-refractivity contribution in [1.82, 2.24) is 9.97 Å². The molecular weight excluding hydrogens is 460 g/mol. The maximum atomic E-state index is 7.23. The first-order chi connectivity index (χ1) is 17.8. The van der Waals surface area contributed by atoms with Crippen molar-refractivity contribution in [2.24, 2.45) is 0 Å². The van der Waals surface area contributed by atoms with Gasteiger partial charge < -0.3 is 0 Å². The standard InChI is InChI=1S/C33H19ClN2/c34-30-12-11-23(21-6-5-14-35-18-21)31-26-16-22-19-36-15-13-20(22)17-29(26)33(32(30)31)27-9-3-1-7-24(27)25-8-2-4-10-28(25)33/h1-19H. The number of benzene rings is 4. The van der Waals surface area contributed by atoms with Gasteiger partial charge in [0.25, 0.3) is 0 Å². The summed E-state index contributed by atoms with van der Waals surface area (Å²) < 4.78 is 0. The third-order valence-electron chi connectivity index (χ3n) is 7.90. The van der Waals surface area contributed by atoms with Gasteiger partial charge in [0.15, 0.2) is 0 Å². The van der Waals surface area contributed by atoms with E-state index in [0.717, 1.165) is 27.1 Å². The zero-order valence-corrected chi connectivity index (χ0v) is 20.0. The zero-order chi connectivity index (χ0) is 23.9. The summed E-state index contributed by atoms with van der Waals surface area (Å²) in [6.45, 7) is 0. The predicted molar refractivity (Wildman–Crippen MR) is 146 cm³/mol. The van der Waals surface area contributed by atoms with E-state index in [-0.39, 0.29) is 0 Å². The lowest BCUT2D eigenvalue weighted by molar-refractivity contribution is 0.795. The van der Waals surface area contributed by atoms with E-state index in [2.05, 4.69) is 94.9 Å². The molecule has 0 fully saturated rings. The Morgan fingerprint density at radius 3 is 2.06 bits per heavy atom. The van der Waals surface area contributed by atoms with Crippen molar-refractivity contribution >= 4 is 22.4 Å². The van der Waals surface area contributed by atoms with Gasteiger partial charge in [-0.15, -0.1) is 0 Å². The van der Waals surface area contributed by atoms with Gasteiger partial charge in [-0.3, -0.25) is 9.97 Å². The van der Waals surface area contributed by atoms with Gasteiger partial charge in [0, 0.05) is 40.8 Å². The van der Waals surface area contributed by atoms with Gasteiger partial charge in [-0.1, -0.05) is 72.3 Å². The predicted octanol–water partition coefficient (Wildman–Crippen LogP) is 8.29. The van der Waals surface area contributed by atoms with Gasteiger partial charge in [-0.05, 0) is 85.8 Å². The molecule has 0 saturated heterocycles. The molecular formula is C33H19ClN2. The van der Waals surface area contributed by atoms with Gasteiger partial charge in [0.1, 0.15) is 0 Å². The highest BCUT2D eigenvalue weighted by Gasteiger charge is 2.53. The van der Waals surface area contributed by atoms with Gasteiger partial charge in [-0.25, -0.2) is 0 Å². The van der Waals surface area contributed by atoms with Crippen LogP contribution < -0.4 is 0 Å². The SMILES string of the molecule is Clc1ccc(-c2cccnc2)c2c1C1(c3ccccc3-c3ccccc31)c1cc3ccncc3cc1-2. The molecule has 2 nitrogen and oxygen atoms in total. The highest BCUT2D eigenvalue weighted by atomic mass is 35.5. The van der Waals surface area contributed by atoms with E-state index in [9.17, 15) is 0 Å². The molecule has 0 aliphatic heterocycles. The highest BCUT2D eigenvalue weighted by molar-refractivity contribution is 6.33. The number of fused-ring (bicyclic) bond motifs is 11. The summed E-state index contributed by atoms with van der Waals surface area (Å²) in [5.41, 5.74) is 11.6. The first kappa shape index (κ1) is 20.0. The lowest BCUT2D eigenvalue weighted by Gasteiger charge is -2.31. The van der Waals surface area contributed by atoms with Crippen molar-refractivity contribution < 1.29 is 0 Å². The van der Waals surface area contributed by atoms with Gasteiger partial charge in [0.05, 0.1) is 5.41 Å². The molecule has 8 rings (SSSR count). The number of hydrogen-bond acceptors (Lipinski definition) is 2. The first-order valence-corrected chi connectivity index (χ1v) is 12.5. The third kappa shape index (κ3) is 2.37. The molecule has 36 heavy (non-hydrogen) atoms. The average molecular weight is 479 g/mol. The fourth-order valence-corrected chi connectivity index (χ4v) is 6.87. The molecule has 2 heterocycles. The molecule has 0 saturated carbocycles. The van der Waals surface area contributed by atoms with Crippen molar-refractivity contribution in [2.75, 3.05) is 0 Å². The number of pyridine rings is 2. The molecule has 2 aromatic heterocycles. The normalized spacial score (nSPS) is 13.9. The van der Waals surface area contributed by atoms with Crippen molar-refractivity contribution in [3.05, 3.63) is 143 Å². The molecule has 2 aliphatic rings. The number of rotatable bonds is 1. The summed E-state index contributed by atoms with van der Waals surface area (Å²) in [5.74, 6) is 0. The number of hydrogen-bond donors (Lipinski definition) is 0. The quantitative estimate of drug-likeness (QED) is 0.237. The van der Waals surface area contributed by atoms with Crippen molar-refractivity contribution in [3.8, 4) is 33.4 Å². The van der Waals surface area contributed by atoms with Crippen molar-refractivity contribution in [2.45, 2.75) is 5.41 Å². The maximum absolute atomic E-state index is 7.23. The Balaban J connectivity index is 1.63. The van der Waals surface area contributed by atoms with E-state index in [1.165, 1.54) is 44.3 Å². The molecule has 168 valence electrons. The lowest BCUT2D eigenvalue weighted by Crippen LogP contribution is -2.26. The molecule has 0 amide bonds. The summed E-state index contributed by atoms with van der Waals surface area (Å²) in [5, 5.41) is 3.08. The smallest absolute Gasteiger partial charge is 0.0740 e. The molecule has 0 atom stereocenters. The Morgan fingerprint density at radius 1 is 0.556 bits per heavy atom. The lowest BCUT2D eigenvalue weighted by atomic mass is 9.70. The molecule has 0 unspecified atom stereocenters. The van der Waals surface area contributed by atoms with E-state index >= 15 is 0 Å². The van der Waals surface area contributed by atoms with Crippen LogP contribution in [-0.2, 0) is 5.41 Å². The van der Waals surface area contributed by atoms with Crippen molar-refractivity contribution in [1.29, 1.82) is 0 Å². The van der Waals surface area contributed by atoms with Crippen molar-refractivity contribution in [3.63, 3.8) is 0 Å². The van der Waals surface area contributed by atoms with Crippen LogP contribution in [0.15, 0.2) is 116 Å². The number of halogens is 1. The van der Waals surface area contributed by atoms with Crippen LogP contribution in [0.2, 0.25) is 5.02 Å². The van der Waals surface area contributed by atoms with Crippen LogP contribution in [-0.4, -0.2) is 9.97 Å². The number of nitrogens with zero attached hydrogens (tertiary/aromatic N) is 2. The second-order valence-electron chi connectivity index (χ2n) is 9.55. The Morgan fingerprint density at radius 2 is 1.31 bits per heavy atom. The minimum absolute atomic E-state index is 0.495. The van der Waals surface area contributed by atoms with Crippen LogP contribution >= 0.6 is 11.6 Å². The summed E-state index contributed by atoms with van der Waals surface area (Å²) in [7, 11) is 0. The Bertz CT molecular complexity index is 1810. The Kier molecular flexibility index (Phi) is 3.96. The summed E-state index contributed by atoms with van der Waals surface area (Å²) in [6.07, 6.45) is 7.57. The van der Waals surface area contributed by atoms with E-state index in [1.54, 1.807) is 0 Å². The van der Waals surface area contributed by atoms with Crippen LogP contribution in [0.3, 0.4) is 0 Å².